The van der Waals surface area contributed by atoms with E-state index in [1.807, 2.05) is 0 Å². The second kappa shape index (κ2) is 6.01. The van der Waals surface area contributed by atoms with Crippen molar-refractivity contribution in [2.24, 2.45) is 5.92 Å². The van der Waals surface area contributed by atoms with Gasteiger partial charge < -0.3 is 10.6 Å². The van der Waals surface area contributed by atoms with Crippen molar-refractivity contribution in [1.29, 1.82) is 0 Å². The Kier molecular flexibility index (Phi) is 3.87. The Bertz CT molecular complexity index is 954. The van der Waals surface area contributed by atoms with Crippen molar-refractivity contribution < 1.29 is 18.0 Å². The molecule has 140 valence electrons. The van der Waals surface area contributed by atoms with E-state index in [-0.39, 0.29) is 29.3 Å². The summed E-state index contributed by atoms with van der Waals surface area (Å²) in [6.07, 6.45) is 4.38. The summed E-state index contributed by atoms with van der Waals surface area (Å²) in [6, 6.07) is 1.53. The number of hydrogen-bond donors (Lipinski definition) is 2. The van der Waals surface area contributed by atoms with Gasteiger partial charge in [0.1, 0.15) is 18.5 Å². The molecule has 2 aliphatic rings. The maximum absolute atomic E-state index is 14.7. The van der Waals surface area contributed by atoms with Crippen LogP contribution in [0.4, 0.5) is 23.7 Å². The van der Waals surface area contributed by atoms with Crippen LogP contribution in [0, 0.1) is 23.6 Å². The van der Waals surface area contributed by atoms with E-state index in [1.165, 1.54) is 23.4 Å². The summed E-state index contributed by atoms with van der Waals surface area (Å²) in [4.78, 5) is 15.9. The molecule has 1 saturated carbocycles. The number of carbonyl (C=O) groups excluding carboxylic acids is 1. The highest BCUT2D eigenvalue weighted by molar-refractivity contribution is 5.95. The number of aromatic nitrogens is 3. The molecule has 0 spiro atoms. The second-order valence-corrected chi connectivity index (χ2v) is 6.84. The molecule has 6 nitrogen and oxygen atoms in total. The minimum atomic E-state index is -3.43. The molecule has 2 N–H and O–H groups in total. The fourth-order valence-electron chi connectivity index (χ4n) is 3.03. The number of anilines is 1. The predicted octanol–water partition coefficient (Wildman–Crippen LogP) is 2.86. The minimum Gasteiger partial charge on any atom is -0.312 e. The zero-order valence-electron chi connectivity index (χ0n) is 14.4. The summed E-state index contributed by atoms with van der Waals surface area (Å²) < 4.78 is 45.4. The molecule has 0 unspecified atom stereocenters. The fourth-order valence-corrected chi connectivity index (χ4v) is 3.03. The van der Waals surface area contributed by atoms with Crippen molar-refractivity contribution in [1.82, 2.24) is 20.1 Å². The molecule has 1 aliphatic carbocycles. The monoisotopic (exact) mass is 375 g/mol. The van der Waals surface area contributed by atoms with Crippen molar-refractivity contribution in [2.75, 3.05) is 5.32 Å². The third-order valence-corrected chi connectivity index (χ3v) is 4.64. The molecule has 4 rings (SSSR count). The number of nitrogens with one attached hydrogen (secondary N) is 2. The van der Waals surface area contributed by atoms with Crippen LogP contribution in [-0.4, -0.2) is 26.7 Å². The summed E-state index contributed by atoms with van der Waals surface area (Å²) in [5.41, 5.74) is -2.10. The molecule has 1 aromatic carbocycles. The van der Waals surface area contributed by atoms with Crippen LogP contribution < -0.4 is 10.6 Å². The number of urea groups is 1. The number of alkyl halides is 2. The van der Waals surface area contributed by atoms with Gasteiger partial charge in [0.05, 0.1) is 6.54 Å². The molecule has 1 fully saturated rings. The molecule has 9 heteroatoms. The molecule has 27 heavy (non-hydrogen) atoms. The predicted molar refractivity (Wildman–Crippen MR) is 90.5 cm³/mol. The third-order valence-electron chi connectivity index (χ3n) is 4.64. The summed E-state index contributed by atoms with van der Waals surface area (Å²) in [5.74, 6) is 1.26. The first-order valence-corrected chi connectivity index (χ1v) is 8.43. The number of nitrogens with zero attached hydrogens (tertiary/aromatic N) is 3. The minimum absolute atomic E-state index is 0.0379. The van der Waals surface area contributed by atoms with Crippen LogP contribution in [0.15, 0.2) is 24.8 Å². The van der Waals surface area contributed by atoms with Crippen molar-refractivity contribution in [3.8, 4) is 11.8 Å². The molecule has 0 radical (unpaired) electrons. The average molecular weight is 375 g/mol. The van der Waals surface area contributed by atoms with Gasteiger partial charge >= 0.3 is 6.03 Å². The van der Waals surface area contributed by atoms with E-state index in [2.05, 4.69) is 32.6 Å². The molecule has 1 atom stereocenters. The number of hydrogen-bond acceptors (Lipinski definition) is 3. The Morgan fingerprint density at radius 1 is 1.41 bits per heavy atom. The second-order valence-electron chi connectivity index (χ2n) is 6.84. The van der Waals surface area contributed by atoms with Gasteiger partial charge in [-0.1, -0.05) is 11.8 Å². The first-order valence-electron chi connectivity index (χ1n) is 8.43. The molecule has 1 aromatic heterocycles. The molecular formula is C18H16F3N5O. The number of benzene rings is 1. The van der Waals surface area contributed by atoms with E-state index in [9.17, 15) is 18.0 Å². The Labute approximate surface area is 153 Å². The van der Waals surface area contributed by atoms with Gasteiger partial charge in [0, 0.05) is 29.7 Å². The van der Waals surface area contributed by atoms with Gasteiger partial charge in [-0.05, 0) is 25.0 Å². The zero-order chi connectivity index (χ0) is 19.2. The van der Waals surface area contributed by atoms with Crippen LogP contribution in [-0.2, 0) is 12.1 Å². The highest BCUT2D eigenvalue weighted by atomic mass is 19.3. The summed E-state index contributed by atoms with van der Waals surface area (Å²) in [5, 5.41) is 8.61. The molecule has 2 amide bonds. The molecular weight excluding hydrogens is 359 g/mol. The lowest BCUT2D eigenvalue weighted by molar-refractivity contribution is -0.0465. The van der Waals surface area contributed by atoms with E-state index in [0.717, 1.165) is 18.9 Å². The van der Waals surface area contributed by atoms with Gasteiger partial charge in [-0.2, -0.15) is 5.10 Å². The summed E-state index contributed by atoms with van der Waals surface area (Å²) in [6.45, 7) is 0.719. The standard InChI is InChI=1S/C18H16F3N5O/c1-17(20,21)18(5-4-11-2-3-11)13-7-14(19)12(8-26-10-22-9-23-26)6-15(13)24-16(27)25-18/h6-7,9-11H,2-3,8H2,1H3,(H2,24,25,27)/t18-/m0/s1. The quantitative estimate of drug-likeness (QED) is 0.811. The average Bonchev–Trinajstić information content (AvgIpc) is 3.28. The van der Waals surface area contributed by atoms with Crippen molar-refractivity contribution in [3.63, 3.8) is 0 Å². The van der Waals surface area contributed by atoms with Gasteiger partial charge in [-0.15, -0.1) is 0 Å². The van der Waals surface area contributed by atoms with Crippen LogP contribution >= 0.6 is 0 Å². The first kappa shape index (κ1) is 17.4. The van der Waals surface area contributed by atoms with Crippen LogP contribution in [0.25, 0.3) is 0 Å². The van der Waals surface area contributed by atoms with E-state index in [4.69, 9.17) is 0 Å². The lowest BCUT2D eigenvalue weighted by Gasteiger charge is -2.40. The van der Waals surface area contributed by atoms with Crippen LogP contribution in [0.3, 0.4) is 0 Å². The number of rotatable bonds is 3. The summed E-state index contributed by atoms with van der Waals surface area (Å²) >= 11 is 0. The highest BCUT2D eigenvalue weighted by Gasteiger charge is 2.55. The fraction of sp³-hybridized carbons (Fsp3) is 0.389. The van der Waals surface area contributed by atoms with Gasteiger partial charge in [0.15, 0.2) is 5.54 Å². The SMILES string of the molecule is CC(F)(F)[C@@]1(C#CC2CC2)NC(=O)Nc2cc(Cn3cncn3)c(F)cc21. The largest absolute Gasteiger partial charge is 0.320 e. The summed E-state index contributed by atoms with van der Waals surface area (Å²) in [7, 11) is 0. The molecule has 2 aromatic rings. The van der Waals surface area contributed by atoms with Gasteiger partial charge in [0.25, 0.3) is 5.92 Å². The molecule has 0 saturated heterocycles. The zero-order valence-corrected chi connectivity index (χ0v) is 14.4. The lowest BCUT2D eigenvalue weighted by atomic mass is 9.81. The maximum Gasteiger partial charge on any atom is 0.320 e. The smallest absolute Gasteiger partial charge is 0.312 e. The molecule has 0 bridgehead atoms. The number of amides is 2. The van der Waals surface area contributed by atoms with Crippen molar-refractivity contribution in [2.45, 2.75) is 37.8 Å². The maximum atomic E-state index is 14.7. The Morgan fingerprint density at radius 2 is 2.19 bits per heavy atom. The van der Waals surface area contributed by atoms with Crippen molar-refractivity contribution >= 4 is 11.7 Å². The van der Waals surface area contributed by atoms with E-state index < -0.39 is 23.3 Å². The number of fused-ring (bicyclic) bond motifs is 1. The normalized spacial score (nSPS) is 21.6. The topological polar surface area (TPSA) is 71.8 Å². The lowest BCUT2D eigenvalue weighted by Crippen LogP contribution is -2.59. The first-order chi connectivity index (χ1) is 12.8. The van der Waals surface area contributed by atoms with Crippen molar-refractivity contribution in [3.05, 3.63) is 41.7 Å². The van der Waals surface area contributed by atoms with E-state index in [1.54, 1.807) is 0 Å². The van der Waals surface area contributed by atoms with Crippen LogP contribution in [0.5, 0.6) is 0 Å². The van der Waals surface area contributed by atoms with Crippen LogP contribution in [0.2, 0.25) is 0 Å². The Balaban J connectivity index is 1.84. The van der Waals surface area contributed by atoms with E-state index in [0.29, 0.717) is 6.92 Å². The van der Waals surface area contributed by atoms with Gasteiger partial charge in [-0.25, -0.2) is 27.6 Å². The number of carbonyl (C=O) groups is 1. The third kappa shape index (κ3) is 3.12. The molecule has 2 heterocycles. The van der Waals surface area contributed by atoms with Gasteiger partial charge in [0.2, 0.25) is 0 Å². The Hall–Kier alpha value is -3.02. The van der Waals surface area contributed by atoms with Crippen LogP contribution in [0.1, 0.15) is 30.9 Å². The van der Waals surface area contributed by atoms with Gasteiger partial charge in [-0.3, -0.25) is 0 Å². The number of halogens is 3. The highest BCUT2D eigenvalue weighted by Crippen LogP contribution is 2.44. The Morgan fingerprint density at radius 3 is 2.81 bits per heavy atom. The van der Waals surface area contributed by atoms with E-state index >= 15 is 0 Å². The molecule has 1 aliphatic heterocycles.